The highest BCUT2D eigenvalue weighted by molar-refractivity contribution is 7.09. The lowest BCUT2D eigenvalue weighted by atomic mass is 10.2. The van der Waals surface area contributed by atoms with Gasteiger partial charge in [-0.1, -0.05) is 13.0 Å². The molecule has 0 aliphatic rings. The van der Waals surface area contributed by atoms with Crippen LogP contribution in [0.2, 0.25) is 0 Å². The first-order chi connectivity index (χ1) is 9.17. The molecule has 1 atom stereocenters. The second-order valence-corrected chi connectivity index (χ2v) is 5.77. The van der Waals surface area contributed by atoms with E-state index in [4.69, 9.17) is 5.11 Å². The van der Waals surface area contributed by atoms with Crippen LogP contribution in [0.5, 0.6) is 0 Å². The van der Waals surface area contributed by atoms with Gasteiger partial charge in [-0.25, -0.2) is 0 Å². The first kappa shape index (κ1) is 16.0. The van der Waals surface area contributed by atoms with Crippen molar-refractivity contribution in [1.29, 1.82) is 0 Å². The molecule has 0 bridgehead atoms. The summed E-state index contributed by atoms with van der Waals surface area (Å²) in [7, 11) is 2.05. The van der Waals surface area contributed by atoms with Crippen LogP contribution in [0.3, 0.4) is 0 Å². The molecule has 0 saturated carbocycles. The number of hydrogen-bond donors (Lipinski definition) is 2. The van der Waals surface area contributed by atoms with Gasteiger partial charge in [0.15, 0.2) is 5.96 Å². The molecule has 1 heterocycles. The molecule has 1 aromatic heterocycles. The van der Waals surface area contributed by atoms with Crippen molar-refractivity contribution in [1.82, 2.24) is 10.2 Å². The zero-order valence-electron chi connectivity index (χ0n) is 12.1. The second kappa shape index (κ2) is 8.93. The summed E-state index contributed by atoms with van der Waals surface area (Å²) in [5.41, 5.74) is 0. The number of rotatable bonds is 7. The molecule has 1 aromatic rings. The highest BCUT2D eigenvalue weighted by Crippen LogP contribution is 2.09. The molecule has 1 rings (SSSR count). The Morgan fingerprint density at radius 1 is 1.58 bits per heavy atom. The molecule has 0 amide bonds. The van der Waals surface area contributed by atoms with E-state index in [9.17, 15) is 0 Å². The van der Waals surface area contributed by atoms with E-state index < -0.39 is 0 Å². The Bertz CT molecular complexity index is 365. The van der Waals surface area contributed by atoms with Crippen molar-refractivity contribution >= 4 is 17.3 Å². The van der Waals surface area contributed by atoms with Crippen LogP contribution in [0.4, 0.5) is 0 Å². The monoisotopic (exact) mass is 283 g/mol. The minimum Gasteiger partial charge on any atom is -0.396 e. The lowest BCUT2D eigenvalue weighted by molar-refractivity contribution is 0.241. The van der Waals surface area contributed by atoms with Crippen LogP contribution >= 0.6 is 11.3 Å². The Morgan fingerprint density at radius 2 is 2.37 bits per heavy atom. The molecule has 0 fully saturated rings. The van der Waals surface area contributed by atoms with Gasteiger partial charge in [-0.05, 0) is 30.7 Å². The van der Waals surface area contributed by atoms with Crippen molar-refractivity contribution in [3.05, 3.63) is 22.4 Å². The van der Waals surface area contributed by atoms with Gasteiger partial charge < -0.3 is 15.3 Å². The molecule has 0 saturated heterocycles. The standard InChI is InChI=1S/C14H25N3OS/c1-4-15-14(16-10-12(2)11-18)17(3)8-7-13-6-5-9-19-13/h5-6,9,12,18H,4,7-8,10-11H2,1-3H3,(H,15,16). The Morgan fingerprint density at radius 3 is 2.95 bits per heavy atom. The van der Waals surface area contributed by atoms with E-state index in [0.717, 1.165) is 25.5 Å². The number of aliphatic imine (C=N–C) groups is 1. The summed E-state index contributed by atoms with van der Waals surface area (Å²) in [6.45, 7) is 6.70. The molecule has 0 aliphatic carbocycles. The average molecular weight is 283 g/mol. The summed E-state index contributed by atoms with van der Waals surface area (Å²) in [4.78, 5) is 8.10. The summed E-state index contributed by atoms with van der Waals surface area (Å²) in [5.74, 6) is 1.12. The quantitative estimate of drug-likeness (QED) is 0.593. The molecule has 0 radical (unpaired) electrons. The third kappa shape index (κ3) is 6.07. The van der Waals surface area contributed by atoms with Gasteiger partial charge >= 0.3 is 0 Å². The van der Waals surface area contributed by atoms with Gasteiger partial charge in [-0.15, -0.1) is 11.3 Å². The number of thiophene rings is 1. The largest absolute Gasteiger partial charge is 0.396 e. The SMILES string of the molecule is CCNC(=NCC(C)CO)N(C)CCc1cccs1. The van der Waals surface area contributed by atoms with Crippen LogP contribution in [0.1, 0.15) is 18.7 Å². The molecule has 0 spiro atoms. The topological polar surface area (TPSA) is 47.9 Å². The third-order valence-corrected chi connectivity index (χ3v) is 3.77. The van der Waals surface area contributed by atoms with E-state index in [1.807, 2.05) is 6.92 Å². The first-order valence-electron chi connectivity index (χ1n) is 6.80. The molecule has 5 heteroatoms. The van der Waals surface area contributed by atoms with Crippen molar-refractivity contribution in [3.8, 4) is 0 Å². The van der Waals surface area contributed by atoms with Crippen molar-refractivity contribution < 1.29 is 5.11 Å². The Balaban J connectivity index is 2.49. The molecule has 108 valence electrons. The fourth-order valence-electron chi connectivity index (χ4n) is 1.61. The number of aliphatic hydroxyl groups excluding tert-OH is 1. The number of guanidine groups is 1. The zero-order valence-corrected chi connectivity index (χ0v) is 12.9. The molecular weight excluding hydrogens is 258 g/mol. The predicted molar refractivity (Wildman–Crippen MR) is 82.9 cm³/mol. The van der Waals surface area contributed by atoms with Crippen molar-refractivity contribution in [2.75, 3.05) is 33.3 Å². The van der Waals surface area contributed by atoms with Crippen LogP contribution in [-0.2, 0) is 6.42 Å². The summed E-state index contributed by atoms with van der Waals surface area (Å²) < 4.78 is 0. The van der Waals surface area contributed by atoms with E-state index in [1.165, 1.54) is 4.88 Å². The molecular formula is C14H25N3OS. The average Bonchev–Trinajstić information content (AvgIpc) is 2.93. The smallest absolute Gasteiger partial charge is 0.193 e. The highest BCUT2D eigenvalue weighted by atomic mass is 32.1. The van der Waals surface area contributed by atoms with Gasteiger partial charge in [0.25, 0.3) is 0 Å². The number of nitrogens with zero attached hydrogens (tertiary/aromatic N) is 2. The minimum atomic E-state index is 0.182. The zero-order chi connectivity index (χ0) is 14.1. The van der Waals surface area contributed by atoms with Crippen molar-refractivity contribution in [2.24, 2.45) is 10.9 Å². The van der Waals surface area contributed by atoms with Gasteiger partial charge in [0.05, 0.1) is 0 Å². The Hall–Kier alpha value is -1.07. The second-order valence-electron chi connectivity index (χ2n) is 4.73. The van der Waals surface area contributed by atoms with Crippen LogP contribution in [0.15, 0.2) is 22.5 Å². The Kier molecular flexibility index (Phi) is 7.52. The molecule has 4 nitrogen and oxygen atoms in total. The highest BCUT2D eigenvalue weighted by Gasteiger charge is 2.07. The van der Waals surface area contributed by atoms with E-state index >= 15 is 0 Å². The van der Waals surface area contributed by atoms with Crippen molar-refractivity contribution in [2.45, 2.75) is 20.3 Å². The fraction of sp³-hybridized carbons (Fsp3) is 0.643. The molecule has 0 aliphatic heterocycles. The van der Waals surface area contributed by atoms with E-state index in [-0.39, 0.29) is 12.5 Å². The van der Waals surface area contributed by atoms with Crippen LogP contribution in [-0.4, -0.2) is 49.3 Å². The molecule has 19 heavy (non-hydrogen) atoms. The number of nitrogens with one attached hydrogen (secondary N) is 1. The van der Waals surface area contributed by atoms with E-state index in [0.29, 0.717) is 6.54 Å². The molecule has 0 aromatic carbocycles. The summed E-state index contributed by atoms with van der Waals surface area (Å²) in [5, 5.41) is 14.4. The van der Waals surface area contributed by atoms with Crippen LogP contribution in [0.25, 0.3) is 0 Å². The number of likely N-dealkylation sites (N-methyl/N-ethyl adjacent to an activating group) is 1. The van der Waals surface area contributed by atoms with E-state index in [2.05, 4.69) is 46.7 Å². The van der Waals surface area contributed by atoms with Gasteiger partial charge in [-0.3, -0.25) is 4.99 Å². The summed E-state index contributed by atoms with van der Waals surface area (Å²) >= 11 is 1.79. The van der Waals surface area contributed by atoms with Crippen LogP contribution < -0.4 is 5.32 Å². The summed E-state index contributed by atoms with van der Waals surface area (Å²) in [6.07, 6.45) is 1.04. The third-order valence-electron chi connectivity index (χ3n) is 2.83. The lowest BCUT2D eigenvalue weighted by Gasteiger charge is -2.22. The van der Waals surface area contributed by atoms with Crippen LogP contribution in [0, 0.1) is 5.92 Å². The fourth-order valence-corrected chi connectivity index (χ4v) is 2.31. The predicted octanol–water partition coefficient (Wildman–Crippen LogP) is 1.82. The van der Waals surface area contributed by atoms with Crippen molar-refractivity contribution in [3.63, 3.8) is 0 Å². The van der Waals surface area contributed by atoms with Gasteiger partial charge in [-0.2, -0.15) is 0 Å². The number of aliphatic hydroxyl groups is 1. The number of hydrogen-bond acceptors (Lipinski definition) is 3. The van der Waals surface area contributed by atoms with Gasteiger partial charge in [0.2, 0.25) is 0 Å². The maximum Gasteiger partial charge on any atom is 0.193 e. The maximum absolute atomic E-state index is 9.04. The van der Waals surface area contributed by atoms with Gasteiger partial charge in [0, 0.05) is 38.2 Å². The van der Waals surface area contributed by atoms with Gasteiger partial charge in [0.1, 0.15) is 0 Å². The lowest BCUT2D eigenvalue weighted by Crippen LogP contribution is -2.40. The minimum absolute atomic E-state index is 0.182. The van der Waals surface area contributed by atoms with E-state index in [1.54, 1.807) is 11.3 Å². The molecule has 1 unspecified atom stereocenters. The molecule has 2 N–H and O–H groups in total. The first-order valence-corrected chi connectivity index (χ1v) is 7.68. The normalized spacial score (nSPS) is 13.4. The Labute approximate surface area is 120 Å². The summed E-state index contributed by atoms with van der Waals surface area (Å²) in [6, 6.07) is 4.25. The maximum atomic E-state index is 9.04.